The number of fused-ring (bicyclic) bond motifs is 1. The molecule has 1 aliphatic carbocycles. The molecule has 2 aromatic rings. The summed E-state index contributed by atoms with van der Waals surface area (Å²) in [5.74, 6) is 0.546. The fourth-order valence-corrected chi connectivity index (χ4v) is 2.57. The molecule has 1 saturated carbocycles. The fourth-order valence-electron chi connectivity index (χ4n) is 2.57. The first-order valence-corrected chi connectivity index (χ1v) is 6.67. The van der Waals surface area contributed by atoms with E-state index >= 15 is 0 Å². The molecule has 0 radical (unpaired) electrons. The third kappa shape index (κ3) is 2.28. The molecule has 1 atom stereocenters. The van der Waals surface area contributed by atoms with E-state index in [2.05, 4.69) is 47.4 Å². The lowest BCUT2D eigenvalue weighted by Gasteiger charge is -2.09. The highest BCUT2D eigenvalue weighted by Gasteiger charge is 2.29. The molecule has 3 heteroatoms. The zero-order valence-electron chi connectivity index (χ0n) is 10.8. The van der Waals surface area contributed by atoms with Gasteiger partial charge < -0.3 is 15.0 Å². The number of nitrogens with one attached hydrogen (secondary N) is 1. The average molecular weight is 244 g/mol. The Bertz CT molecular complexity index is 542. The van der Waals surface area contributed by atoms with Gasteiger partial charge in [0.25, 0.3) is 0 Å². The normalized spacial score (nSPS) is 17.2. The van der Waals surface area contributed by atoms with Crippen molar-refractivity contribution in [2.24, 2.45) is 13.0 Å². The lowest BCUT2D eigenvalue weighted by Crippen LogP contribution is -2.27. The summed E-state index contributed by atoms with van der Waals surface area (Å²) in [4.78, 5) is 0. The standard InChI is InChI=1S/C15H20N2O/c1-17-10-12(13-4-2-3-5-14(13)17)8-16-9-15(18)11-6-7-11/h2-5,10-11,15-16,18H,6-9H2,1H3. The van der Waals surface area contributed by atoms with Crippen molar-refractivity contribution in [3.8, 4) is 0 Å². The van der Waals surface area contributed by atoms with E-state index in [9.17, 15) is 5.11 Å². The molecular formula is C15H20N2O. The third-order valence-electron chi connectivity index (χ3n) is 3.81. The molecule has 1 aromatic carbocycles. The number of aryl methyl sites for hydroxylation is 1. The second-order valence-electron chi connectivity index (χ2n) is 5.32. The highest BCUT2D eigenvalue weighted by molar-refractivity contribution is 5.83. The van der Waals surface area contributed by atoms with Crippen LogP contribution in [0.4, 0.5) is 0 Å². The van der Waals surface area contributed by atoms with E-state index in [1.54, 1.807) is 0 Å². The van der Waals surface area contributed by atoms with Gasteiger partial charge in [0, 0.05) is 37.2 Å². The molecule has 1 aromatic heterocycles. The van der Waals surface area contributed by atoms with Gasteiger partial charge in [0.2, 0.25) is 0 Å². The molecule has 2 N–H and O–H groups in total. The van der Waals surface area contributed by atoms with E-state index < -0.39 is 0 Å². The summed E-state index contributed by atoms with van der Waals surface area (Å²) < 4.78 is 2.16. The van der Waals surface area contributed by atoms with Gasteiger partial charge in [-0.2, -0.15) is 0 Å². The summed E-state index contributed by atoms with van der Waals surface area (Å²) >= 11 is 0. The maximum Gasteiger partial charge on any atom is 0.0692 e. The van der Waals surface area contributed by atoms with Gasteiger partial charge in [-0.05, 0) is 30.4 Å². The molecular weight excluding hydrogens is 224 g/mol. The Morgan fingerprint density at radius 2 is 2.17 bits per heavy atom. The number of aromatic nitrogens is 1. The SMILES string of the molecule is Cn1cc(CNCC(O)C2CC2)c2ccccc21. The van der Waals surface area contributed by atoms with Crippen molar-refractivity contribution in [3.05, 3.63) is 36.0 Å². The summed E-state index contributed by atoms with van der Waals surface area (Å²) in [6, 6.07) is 8.43. The van der Waals surface area contributed by atoms with Crippen LogP contribution in [0.2, 0.25) is 0 Å². The summed E-state index contributed by atoms with van der Waals surface area (Å²) in [5, 5.41) is 14.5. The molecule has 1 unspecified atom stereocenters. The molecule has 0 amide bonds. The van der Waals surface area contributed by atoms with Gasteiger partial charge in [-0.1, -0.05) is 18.2 Å². The molecule has 0 saturated heterocycles. The van der Waals surface area contributed by atoms with E-state index in [1.807, 2.05) is 0 Å². The number of rotatable bonds is 5. The largest absolute Gasteiger partial charge is 0.392 e. The lowest BCUT2D eigenvalue weighted by atomic mass is 10.1. The van der Waals surface area contributed by atoms with Crippen molar-refractivity contribution in [1.82, 2.24) is 9.88 Å². The van der Waals surface area contributed by atoms with Gasteiger partial charge in [0.1, 0.15) is 0 Å². The van der Waals surface area contributed by atoms with Crippen molar-refractivity contribution in [2.45, 2.75) is 25.5 Å². The van der Waals surface area contributed by atoms with Gasteiger partial charge in [-0.25, -0.2) is 0 Å². The van der Waals surface area contributed by atoms with Crippen molar-refractivity contribution < 1.29 is 5.11 Å². The maximum absolute atomic E-state index is 9.82. The van der Waals surface area contributed by atoms with Crippen molar-refractivity contribution in [2.75, 3.05) is 6.54 Å². The third-order valence-corrected chi connectivity index (χ3v) is 3.81. The molecule has 0 aliphatic heterocycles. The van der Waals surface area contributed by atoms with E-state index in [4.69, 9.17) is 0 Å². The highest BCUT2D eigenvalue weighted by Crippen LogP contribution is 2.32. The predicted octanol–water partition coefficient (Wildman–Crippen LogP) is 2.04. The number of para-hydroxylation sites is 1. The van der Waals surface area contributed by atoms with Crippen LogP contribution in [0.3, 0.4) is 0 Å². The van der Waals surface area contributed by atoms with Crippen molar-refractivity contribution in [1.29, 1.82) is 0 Å². The molecule has 1 fully saturated rings. The highest BCUT2D eigenvalue weighted by atomic mass is 16.3. The molecule has 0 spiro atoms. The minimum Gasteiger partial charge on any atom is -0.392 e. The first-order chi connectivity index (χ1) is 8.75. The molecule has 3 nitrogen and oxygen atoms in total. The molecule has 3 rings (SSSR count). The van der Waals surface area contributed by atoms with Gasteiger partial charge >= 0.3 is 0 Å². The molecule has 18 heavy (non-hydrogen) atoms. The Kier molecular flexibility index (Phi) is 3.10. The van der Waals surface area contributed by atoms with Gasteiger partial charge in [-0.3, -0.25) is 0 Å². The van der Waals surface area contributed by atoms with E-state index in [0.717, 1.165) is 6.54 Å². The molecule has 1 heterocycles. The Labute approximate surface area is 107 Å². The Morgan fingerprint density at radius 3 is 2.94 bits per heavy atom. The number of hydrogen-bond acceptors (Lipinski definition) is 2. The summed E-state index contributed by atoms with van der Waals surface area (Å²) in [6.45, 7) is 1.53. The van der Waals surface area contributed by atoms with Crippen LogP contribution in [-0.2, 0) is 13.6 Å². The lowest BCUT2D eigenvalue weighted by molar-refractivity contribution is 0.148. The van der Waals surface area contributed by atoms with Crippen LogP contribution >= 0.6 is 0 Å². The summed E-state index contributed by atoms with van der Waals surface area (Å²) in [7, 11) is 2.07. The first-order valence-electron chi connectivity index (χ1n) is 6.67. The van der Waals surface area contributed by atoms with Crippen LogP contribution in [-0.4, -0.2) is 22.3 Å². The first kappa shape index (κ1) is 11.8. The Hall–Kier alpha value is -1.32. The second kappa shape index (κ2) is 4.75. The van der Waals surface area contributed by atoms with Gasteiger partial charge in [-0.15, -0.1) is 0 Å². The van der Waals surface area contributed by atoms with E-state index in [-0.39, 0.29) is 6.10 Å². The average Bonchev–Trinajstić information content (AvgIpc) is 3.17. The minimum atomic E-state index is -0.167. The van der Waals surface area contributed by atoms with Crippen molar-refractivity contribution in [3.63, 3.8) is 0 Å². The monoisotopic (exact) mass is 244 g/mol. The molecule has 0 bridgehead atoms. The fraction of sp³-hybridized carbons (Fsp3) is 0.467. The van der Waals surface area contributed by atoms with E-state index in [0.29, 0.717) is 12.5 Å². The van der Waals surface area contributed by atoms with Crippen molar-refractivity contribution >= 4 is 10.9 Å². The van der Waals surface area contributed by atoms with Crippen LogP contribution in [0, 0.1) is 5.92 Å². The number of aliphatic hydroxyl groups is 1. The van der Waals surface area contributed by atoms with Crippen LogP contribution < -0.4 is 5.32 Å². The van der Waals surface area contributed by atoms with Gasteiger partial charge in [0.15, 0.2) is 0 Å². The van der Waals surface area contributed by atoms with Crippen LogP contribution in [0.15, 0.2) is 30.5 Å². The smallest absolute Gasteiger partial charge is 0.0692 e. The second-order valence-corrected chi connectivity index (χ2v) is 5.32. The quantitative estimate of drug-likeness (QED) is 0.844. The molecule has 1 aliphatic rings. The summed E-state index contributed by atoms with van der Waals surface area (Å²) in [6.07, 6.45) is 4.38. The van der Waals surface area contributed by atoms with Crippen LogP contribution in [0.5, 0.6) is 0 Å². The maximum atomic E-state index is 9.82. The Balaban J connectivity index is 1.67. The number of aliphatic hydroxyl groups excluding tert-OH is 1. The zero-order valence-corrected chi connectivity index (χ0v) is 10.8. The zero-order chi connectivity index (χ0) is 12.5. The number of hydrogen-bond donors (Lipinski definition) is 2. The molecule has 96 valence electrons. The number of benzene rings is 1. The minimum absolute atomic E-state index is 0.167. The summed E-state index contributed by atoms with van der Waals surface area (Å²) in [5.41, 5.74) is 2.56. The van der Waals surface area contributed by atoms with Crippen LogP contribution in [0.25, 0.3) is 10.9 Å². The van der Waals surface area contributed by atoms with Gasteiger partial charge in [0.05, 0.1) is 6.10 Å². The number of nitrogens with zero attached hydrogens (tertiary/aromatic N) is 1. The van der Waals surface area contributed by atoms with E-state index in [1.165, 1.54) is 29.3 Å². The Morgan fingerprint density at radius 1 is 1.39 bits per heavy atom. The van der Waals surface area contributed by atoms with Crippen LogP contribution in [0.1, 0.15) is 18.4 Å². The predicted molar refractivity (Wildman–Crippen MR) is 73.4 cm³/mol. The topological polar surface area (TPSA) is 37.2 Å².